The van der Waals surface area contributed by atoms with Crippen LogP contribution in [0.3, 0.4) is 0 Å². The maximum absolute atomic E-state index is 10.6. The molecular weight excluding hydrogens is 280 g/mol. The van der Waals surface area contributed by atoms with Gasteiger partial charge in [-0.1, -0.05) is 48.5 Å². The van der Waals surface area contributed by atoms with Crippen molar-refractivity contribution in [3.63, 3.8) is 0 Å². The maximum atomic E-state index is 10.6. The first-order chi connectivity index (χ1) is 9.46. The Balaban J connectivity index is 3.27. The molecule has 0 heterocycles. The van der Waals surface area contributed by atoms with Gasteiger partial charge in [0, 0.05) is 21.8 Å². The minimum atomic E-state index is -0.278. The van der Waals surface area contributed by atoms with Gasteiger partial charge in [0.05, 0.1) is 6.10 Å². The predicted molar refractivity (Wildman–Crippen MR) is 92.5 cm³/mol. The van der Waals surface area contributed by atoms with E-state index in [1.165, 1.54) is 0 Å². The van der Waals surface area contributed by atoms with Gasteiger partial charge >= 0.3 is 0 Å². The van der Waals surface area contributed by atoms with Crippen LogP contribution in [0.5, 0.6) is 5.75 Å². The Hall–Kier alpha value is -0.670. The fraction of sp³-hybridized carbons (Fsp3) is 0.667. The van der Waals surface area contributed by atoms with E-state index in [2.05, 4.69) is 53.7 Å². The molecule has 3 heteroatoms. The molecule has 120 valence electrons. The summed E-state index contributed by atoms with van der Waals surface area (Å²) in [6, 6.07) is 4.13. The second kappa shape index (κ2) is 6.62. The number of thioether (sulfide) groups is 1. The zero-order valence-electron chi connectivity index (χ0n) is 14.4. The van der Waals surface area contributed by atoms with Crippen LogP contribution in [-0.4, -0.2) is 22.1 Å². The van der Waals surface area contributed by atoms with Crippen LogP contribution in [0, 0.1) is 0 Å². The summed E-state index contributed by atoms with van der Waals surface area (Å²) in [6.45, 7) is 14.7. The van der Waals surface area contributed by atoms with Gasteiger partial charge in [0.1, 0.15) is 5.75 Å². The van der Waals surface area contributed by atoms with E-state index < -0.39 is 0 Å². The summed E-state index contributed by atoms with van der Waals surface area (Å²) in [6.07, 6.45) is 0.489. The quantitative estimate of drug-likeness (QED) is 0.781. The minimum absolute atomic E-state index is 0.107. The molecule has 2 nitrogen and oxygen atoms in total. The van der Waals surface area contributed by atoms with Crippen molar-refractivity contribution in [2.75, 3.05) is 5.75 Å². The Morgan fingerprint density at radius 2 is 1.43 bits per heavy atom. The Morgan fingerprint density at radius 1 is 1.00 bits per heavy atom. The zero-order valence-corrected chi connectivity index (χ0v) is 15.3. The highest BCUT2D eigenvalue weighted by Gasteiger charge is 2.26. The molecule has 1 aromatic carbocycles. The van der Waals surface area contributed by atoms with Crippen LogP contribution < -0.4 is 0 Å². The highest BCUT2D eigenvalue weighted by molar-refractivity contribution is 7.99. The topological polar surface area (TPSA) is 40.5 Å². The van der Waals surface area contributed by atoms with Gasteiger partial charge in [0.25, 0.3) is 0 Å². The number of hydrogen-bond acceptors (Lipinski definition) is 3. The second-order valence-electron chi connectivity index (χ2n) is 7.74. The molecule has 1 unspecified atom stereocenters. The summed E-state index contributed by atoms with van der Waals surface area (Å²) < 4.78 is 0. The first-order valence-corrected chi connectivity index (χ1v) is 8.64. The molecule has 0 aliphatic carbocycles. The molecular formula is C18H30O2S. The number of aliphatic hydroxyl groups is 1. The van der Waals surface area contributed by atoms with Crippen LogP contribution in [0.4, 0.5) is 0 Å². The molecule has 1 atom stereocenters. The van der Waals surface area contributed by atoms with Crippen LogP contribution in [0.15, 0.2) is 17.0 Å². The van der Waals surface area contributed by atoms with E-state index in [4.69, 9.17) is 0 Å². The number of hydrogen-bond donors (Lipinski definition) is 2. The third kappa shape index (κ3) is 4.93. The number of phenols is 1. The molecule has 0 saturated carbocycles. The molecule has 0 amide bonds. The summed E-state index contributed by atoms with van der Waals surface area (Å²) in [7, 11) is 0. The molecule has 21 heavy (non-hydrogen) atoms. The van der Waals surface area contributed by atoms with Gasteiger partial charge in [-0.05, 0) is 29.4 Å². The number of benzene rings is 1. The average molecular weight is 311 g/mol. The molecule has 0 radical (unpaired) electrons. The van der Waals surface area contributed by atoms with E-state index in [1.54, 1.807) is 11.8 Å². The lowest BCUT2D eigenvalue weighted by Gasteiger charge is -2.28. The summed E-state index contributed by atoms with van der Waals surface area (Å²) in [4.78, 5) is 1.12. The molecule has 0 aliphatic heterocycles. The Morgan fingerprint density at radius 3 is 1.76 bits per heavy atom. The van der Waals surface area contributed by atoms with Crippen molar-refractivity contribution < 1.29 is 10.2 Å². The molecule has 0 fully saturated rings. The molecule has 0 spiro atoms. The lowest BCUT2D eigenvalue weighted by Crippen LogP contribution is -2.17. The SMILES string of the molecule is CCC(O)CSc1cc(C(C)(C)C)c(O)c(C(C)(C)C)c1. The van der Waals surface area contributed by atoms with E-state index in [0.717, 1.165) is 22.4 Å². The molecule has 0 aliphatic rings. The number of aliphatic hydroxyl groups excluding tert-OH is 1. The van der Waals surface area contributed by atoms with Crippen molar-refractivity contribution in [3.05, 3.63) is 23.3 Å². The zero-order chi connectivity index (χ0) is 16.4. The monoisotopic (exact) mass is 310 g/mol. The lowest BCUT2D eigenvalue weighted by atomic mass is 9.79. The number of rotatable bonds is 4. The van der Waals surface area contributed by atoms with Gasteiger partial charge in [-0.15, -0.1) is 11.8 Å². The third-order valence-corrected chi connectivity index (χ3v) is 4.73. The fourth-order valence-electron chi connectivity index (χ4n) is 2.15. The van der Waals surface area contributed by atoms with E-state index in [0.29, 0.717) is 11.5 Å². The molecule has 1 rings (SSSR count). The van der Waals surface area contributed by atoms with Gasteiger partial charge in [-0.3, -0.25) is 0 Å². The fourth-order valence-corrected chi connectivity index (χ4v) is 3.17. The number of phenolic OH excluding ortho intramolecular Hbond substituents is 1. The second-order valence-corrected chi connectivity index (χ2v) is 8.83. The van der Waals surface area contributed by atoms with E-state index in [-0.39, 0.29) is 16.9 Å². The van der Waals surface area contributed by atoms with Gasteiger partial charge in [-0.2, -0.15) is 0 Å². The maximum Gasteiger partial charge on any atom is 0.123 e. The van der Waals surface area contributed by atoms with Crippen LogP contribution in [0.2, 0.25) is 0 Å². The largest absolute Gasteiger partial charge is 0.507 e. The summed E-state index contributed by atoms with van der Waals surface area (Å²) in [5.74, 6) is 1.10. The first-order valence-electron chi connectivity index (χ1n) is 7.65. The van der Waals surface area contributed by atoms with Gasteiger partial charge in [0.2, 0.25) is 0 Å². The van der Waals surface area contributed by atoms with Crippen molar-refractivity contribution in [2.24, 2.45) is 0 Å². The summed E-state index contributed by atoms with van der Waals surface area (Å²) in [5, 5.41) is 20.4. The summed E-state index contributed by atoms with van der Waals surface area (Å²) in [5.41, 5.74) is 1.74. The Kier molecular flexibility index (Phi) is 5.79. The van der Waals surface area contributed by atoms with Crippen molar-refractivity contribution in [3.8, 4) is 5.75 Å². The van der Waals surface area contributed by atoms with Gasteiger partial charge in [-0.25, -0.2) is 0 Å². The standard InChI is InChI=1S/C18H30O2S/c1-8-12(19)11-21-13-9-14(17(2,3)4)16(20)15(10-13)18(5,6)7/h9-10,12,19-20H,8,11H2,1-7H3. The van der Waals surface area contributed by atoms with Gasteiger partial charge < -0.3 is 10.2 Å². The van der Waals surface area contributed by atoms with E-state index in [9.17, 15) is 10.2 Å². The van der Waals surface area contributed by atoms with E-state index in [1.807, 2.05) is 6.92 Å². The smallest absolute Gasteiger partial charge is 0.123 e. The summed E-state index contributed by atoms with van der Waals surface area (Å²) >= 11 is 1.66. The lowest BCUT2D eigenvalue weighted by molar-refractivity contribution is 0.195. The van der Waals surface area contributed by atoms with Crippen molar-refractivity contribution in [1.29, 1.82) is 0 Å². The van der Waals surface area contributed by atoms with Crippen LogP contribution in [-0.2, 0) is 10.8 Å². The highest BCUT2D eigenvalue weighted by atomic mass is 32.2. The van der Waals surface area contributed by atoms with E-state index >= 15 is 0 Å². The highest BCUT2D eigenvalue weighted by Crippen LogP contribution is 2.41. The molecule has 0 bridgehead atoms. The van der Waals surface area contributed by atoms with Crippen LogP contribution in [0.25, 0.3) is 0 Å². The minimum Gasteiger partial charge on any atom is -0.507 e. The first kappa shape index (κ1) is 18.4. The van der Waals surface area contributed by atoms with Crippen molar-refractivity contribution in [2.45, 2.75) is 76.7 Å². The average Bonchev–Trinajstić information content (AvgIpc) is 2.34. The molecule has 0 aromatic heterocycles. The Bertz CT molecular complexity index is 446. The normalized spacial score (nSPS) is 14.3. The van der Waals surface area contributed by atoms with Crippen molar-refractivity contribution >= 4 is 11.8 Å². The van der Waals surface area contributed by atoms with Crippen LogP contribution in [0.1, 0.15) is 66.0 Å². The Labute approximate surface area is 134 Å². The number of aromatic hydroxyl groups is 1. The predicted octanol–water partition coefficient (Wildman–Crippen LogP) is 4.85. The van der Waals surface area contributed by atoms with Crippen LogP contribution >= 0.6 is 11.8 Å². The molecule has 0 saturated heterocycles. The van der Waals surface area contributed by atoms with Crippen molar-refractivity contribution in [1.82, 2.24) is 0 Å². The molecule has 2 N–H and O–H groups in total. The van der Waals surface area contributed by atoms with Gasteiger partial charge in [0.15, 0.2) is 0 Å². The third-order valence-electron chi connectivity index (χ3n) is 3.61. The molecule has 1 aromatic rings.